The number of carboxylic acids is 2. The third kappa shape index (κ3) is 7.07. The van der Waals surface area contributed by atoms with Crippen LogP contribution in [0.1, 0.15) is 40.3 Å². The molecule has 0 unspecified atom stereocenters. The van der Waals surface area contributed by atoms with Gasteiger partial charge in [-0.25, -0.2) is 27.2 Å². The van der Waals surface area contributed by atoms with Crippen molar-refractivity contribution in [2.24, 2.45) is 0 Å². The van der Waals surface area contributed by atoms with Gasteiger partial charge in [0.25, 0.3) is 5.91 Å². The van der Waals surface area contributed by atoms with Crippen molar-refractivity contribution in [1.29, 1.82) is 0 Å². The van der Waals surface area contributed by atoms with E-state index in [-0.39, 0.29) is 45.4 Å². The number of benzene rings is 2. The molecule has 0 saturated carbocycles. The van der Waals surface area contributed by atoms with E-state index < -0.39 is 86.5 Å². The van der Waals surface area contributed by atoms with Gasteiger partial charge in [-0.3, -0.25) is 14.4 Å². The summed E-state index contributed by atoms with van der Waals surface area (Å²) < 4.78 is 62.5. The van der Waals surface area contributed by atoms with Gasteiger partial charge < -0.3 is 39.3 Å². The number of anilines is 1. The predicted octanol–water partition coefficient (Wildman–Crippen LogP) is 4.39. The summed E-state index contributed by atoms with van der Waals surface area (Å²) in [5.41, 5.74) is -2.40. The Bertz CT molecular complexity index is 2310. The first-order chi connectivity index (χ1) is 26.4. The molecule has 0 aliphatic carbocycles. The van der Waals surface area contributed by atoms with Crippen LogP contribution in [0.15, 0.2) is 39.8 Å². The Morgan fingerprint density at radius 1 is 1.09 bits per heavy atom. The van der Waals surface area contributed by atoms with Crippen molar-refractivity contribution >= 4 is 63.7 Å². The fourth-order valence-corrected chi connectivity index (χ4v) is 8.99. The zero-order valence-corrected chi connectivity index (χ0v) is 31.8. The van der Waals surface area contributed by atoms with E-state index in [4.69, 9.17) is 21.2 Å². The number of fused-ring (bicyclic) bond motifs is 2. The monoisotopic (exact) mass is 822 g/mol. The van der Waals surface area contributed by atoms with Crippen LogP contribution in [-0.2, 0) is 16.1 Å². The molecule has 3 saturated heterocycles. The summed E-state index contributed by atoms with van der Waals surface area (Å²) in [6.07, 6.45) is 0.904. The molecule has 3 aliphatic rings. The number of hydrogen-bond acceptors (Lipinski definition) is 10. The minimum absolute atomic E-state index is 0.0368. The summed E-state index contributed by atoms with van der Waals surface area (Å²) in [4.78, 5) is 65.6. The molecule has 2 amide bonds. The smallest absolute Gasteiger partial charge is 0.341 e. The van der Waals surface area contributed by atoms with Crippen LogP contribution in [0.3, 0.4) is 0 Å². The van der Waals surface area contributed by atoms with Gasteiger partial charge in [0, 0.05) is 37.1 Å². The van der Waals surface area contributed by atoms with E-state index in [9.17, 15) is 42.3 Å². The first-order valence-electron chi connectivity index (χ1n) is 17.1. The lowest BCUT2D eigenvalue weighted by atomic mass is 9.95. The number of likely N-dealkylation sites (N-methyl/N-ethyl adjacent to an activating group) is 1. The molecule has 5 heterocycles. The van der Waals surface area contributed by atoms with E-state index >= 15 is 4.39 Å². The van der Waals surface area contributed by atoms with Crippen molar-refractivity contribution in [2.45, 2.75) is 49.5 Å². The first-order valence-corrected chi connectivity index (χ1v) is 18.4. The van der Waals surface area contributed by atoms with E-state index in [2.05, 4.69) is 10.5 Å². The number of halogens is 5. The molecule has 0 bridgehead atoms. The number of piperazine rings is 1. The largest absolute Gasteiger partial charge is 0.480 e. The van der Waals surface area contributed by atoms with Crippen molar-refractivity contribution in [3.05, 3.63) is 80.0 Å². The maximum Gasteiger partial charge on any atom is 0.341 e. The van der Waals surface area contributed by atoms with Crippen LogP contribution in [0.4, 0.5) is 23.2 Å². The van der Waals surface area contributed by atoms with Crippen LogP contribution in [-0.4, -0.2) is 116 Å². The SMILES string of the molecule is CN1CCN(c2c(F)cc3c(=O)c(C(=O)O)cn(CCF)c3c2F)CC1.Cc1onc(-c2c(F)cccc2Cl)c1C(=O)N[C@@H]1C(=O)N2[C@@H]1SC(C)(C)[C@@H]2C(=O)O. The first kappa shape index (κ1) is 40.5. The molecule has 2 aromatic heterocycles. The van der Waals surface area contributed by atoms with Crippen LogP contribution >= 0.6 is 23.4 Å². The second-order valence-corrected chi connectivity index (χ2v) is 16.1. The number of aryl methyl sites for hydroxylation is 2. The highest BCUT2D eigenvalue weighted by molar-refractivity contribution is 8.01. The fraction of sp³-hybridized carbons (Fsp3) is 0.389. The van der Waals surface area contributed by atoms with Crippen molar-refractivity contribution in [1.82, 2.24) is 24.8 Å². The Labute approximate surface area is 324 Å². The molecule has 7 rings (SSSR count). The molecule has 4 aromatic rings. The molecule has 56 heavy (non-hydrogen) atoms. The van der Waals surface area contributed by atoms with E-state index in [1.54, 1.807) is 18.7 Å². The van der Waals surface area contributed by atoms with Crippen molar-refractivity contribution in [3.8, 4) is 11.3 Å². The molecular formula is C36H35ClF4N6O8S. The lowest BCUT2D eigenvalue weighted by Crippen LogP contribution is -2.70. The van der Waals surface area contributed by atoms with Gasteiger partial charge in [-0.2, -0.15) is 0 Å². The second kappa shape index (κ2) is 15.4. The van der Waals surface area contributed by atoms with Gasteiger partial charge in [0.1, 0.15) is 64.0 Å². The molecule has 3 fully saturated rings. The Morgan fingerprint density at radius 3 is 2.38 bits per heavy atom. The summed E-state index contributed by atoms with van der Waals surface area (Å²) in [6, 6.07) is 3.01. The maximum absolute atomic E-state index is 15.2. The zero-order chi connectivity index (χ0) is 41.0. The maximum atomic E-state index is 15.2. The van der Waals surface area contributed by atoms with Crippen molar-refractivity contribution in [2.75, 3.05) is 44.8 Å². The summed E-state index contributed by atoms with van der Waals surface area (Å²) in [5, 5.41) is 24.2. The zero-order valence-electron chi connectivity index (χ0n) is 30.2. The summed E-state index contributed by atoms with van der Waals surface area (Å²) in [6.45, 7) is 5.76. The average molecular weight is 823 g/mol. The van der Waals surface area contributed by atoms with E-state index in [1.807, 2.05) is 11.9 Å². The summed E-state index contributed by atoms with van der Waals surface area (Å²) in [5.74, 6) is -6.26. The van der Waals surface area contributed by atoms with Gasteiger partial charge in [-0.05, 0) is 46.0 Å². The van der Waals surface area contributed by atoms with Gasteiger partial charge >= 0.3 is 11.9 Å². The normalized spacial score (nSPS) is 20.3. The van der Waals surface area contributed by atoms with Crippen LogP contribution in [0, 0.1) is 24.4 Å². The van der Waals surface area contributed by atoms with Crippen LogP contribution < -0.4 is 15.6 Å². The molecule has 298 valence electrons. The van der Waals surface area contributed by atoms with E-state index in [1.165, 1.54) is 41.8 Å². The number of hydrogen-bond donors (Lipinski definition) is 3. The average Bonchev–Trinajstić information content (AvgIpc) is 3.63. The number of rotatable bonds is 8. The third-order valence-corrected chi connectivity index (χ3v) is 11.7. The molecule has 3 N–H and O–H groups in total. The molecule has 20 heteroatoms. The Hall–Kier alpha value is -5.14. The Morgan fingerprint density at radius 2 is 1.77 bits per heavy atom. The number of pyridine rings is 1. The van der Waals surface area contributed by atoms with Gasteiger partial charge in [-0.1, -0.05) is 22.8 Å². The number of aromatic nitrogens is 2. The standard InChI is InChI=1S/C19H17ClFN3O5S.C17H18F3N3O3/c1-7-10(12(23-29-7)11-8(20)5-4-6-9(11)21)15(25)22-13-16(26)24-14(18(27)28)19(2,3)30-17(13)24;1-21-4-6-22(7-5-21)15-12(19)8-10-14(13(15)20)23(3-2-18)9-11(16(10)24)17(25)26/h4-6,13-14,17H,1-3H3,(H,22,25)(H,27,28);8-9H,2-7H2,1H3,(H,25,26)/t13-,14+,17-;/m1./s1. The number of aliphatic carboxylic acids is 1. The van der Waals surface area contributed by atoms with Crippen molar-refractivity contribution < 1.29 is 51.5 Å². The number of nitrogens with one attached hydrogen (secondary N) is 1. The third-order valence-electron chi connectivity index (χ3n) is 9.86. The highest BCUT2D eigenvalue weighted by Crippen LogP contribution is 2.51. The molecule has 0 radical (unpaired) electrons. The quantitative estimate of drug-likeness (QED) is 0.169. The Balaban J connectivity index is 0.000000192. The molecule has 3 aliphatic heterocycles. The minimum Gasteiger partial charge on any atom is -0.480 e. The van der Waals surface area contributed by atoms with Crippen molar-refractivity contribution in [3.63, 3.8) is 0 Å². The molecular weight excluding hydrogens is 788 g/mol. The number of carbonyl (C=O) groups is 4. The van der Waals surface area contributed by atoms with Gasteiger partial charge in [0.05, 0.1) is 28.0 Å². The predicted molar refractivity (Wildman–Crippen MR) is 197 cm³/mol. The van der Waals surface area contributed by atoms with Gasteiger partial charge in [0.2, 0.25) is 11.3 Å². The van der Waals surface area contributed by atoms with E-state index in [0.29, 0.717) is 26.2 Å². The number of carbonyl (C=O) groups excluding carboxylic acids is 2. The highest BCUT2D eigenvalue weighted by Gasteiger charge is 2.64. The number of thioether (sulfide) groups is 1. The number of β-lactam (4-membered cyclic amide) rings is 1. The van der Waals surface area contributed by atoms with Gasteiger partial charge in [0.15, 0.2) is 5.82 Å². The van der Waals surface area contributed by atoms with E-state index in [0.717, 1.165) is 16.8 Å². The number of carboxylic acid groups (broad SMARTS) is 2. The molecule has 3 atom stereocenters. The summed E-state index contributed by atoms with van der Waals surface area (Å²) in [7, 11) is 1.90. The number of amides is 2. The summed E-state index contributed by atoms with van der Waals surface area (Å²) >= 11 is 7.40. The molecule has 2 aromatic carbocycles. The van der Waals surface area contributed by atoms with Crippen LogP contribution in [0.5, 0.6) is 0 Å². The molecule has 14 nitrogen and oxygen atoms in total. The highest BCUT2D eigenvalue weighted by atomic mass is 35.5. The number of aromatic carboxylic acids is 1. The second-order valence-electron chi connectivity index (χ2n) is 13.9. The topological polar surface area (TPSA) is 179 Å². The lowest BCUT2D eigenvalue weighted by Gasteiger charge is -2.43. The number of nitrogens with zero attached hydrogens (tertiary/aromatic N) is 5. The number of alkyl halides is 1. The molecule has 0 spiro atoms. The fourth-order valence-electron chi connectivity index (χ4n) is 7.11. The van der Waals surface area contributed by atoms with Crippen LogP contribution in [0.25, 0.3) is 22.2 Å². The Kier molecular flexibility index (Phi) is 11.2. The van der Waals surface area contributed by atoms with Crippen LogP contribution in [0.2, 0.25) is 5.02 Å². The lowest BCUT2D eigenvalue weighted by molar-refractivity contribution is -0.159. The minimum atomic E-state index is -1.53. The van der Waals surface area contributed by atoms with Gasteiger partial charge in [-0.15, -0.1) is 11.8 Å².